The van der Waals surface area contributed by atoms with Crippen molar-refractivity contribution >= 4 is 5.91 Å². The van der Waals surface area contributed by atoms with E-state index in [1.807, 2.05) is 47.4 Å². The first-order valence-corrected chi connectivity index (χ1v) is 9.77. The number of carbonyl (C=O) groups excluding carboxylic acids is 1. The van der Waals surface area contributed by atoms with E-state index < -0.39 is 0 Å². The second-order valence-corrected chi connectivity index (χ2v) is 7.19. The summed E-state index contributed by atoms with van der Waals surface area (Å²) in [7, 11) is 1.66. The predicted octanol–water partition coefficient (Wildman–Crippen LogP) is 4.08. The summed E-state index contributed by atoms with van der Waals surface area (Å²) < 4.78 is 10.8. The average Bonchev–Trinajstić information content (AvgIpc) is 2.73. The van der Waals surface area contributed by atoms with Crippen molar-refractivity contribution < 1.29 is 14.3 Å². The average molecular weight is 367 g/mol. The van der Waals surface area contributed by atoms with E-state index in [1.165, 1.54) is 5.56 Å². The van der Waals surface area contributed by atoms with Gasteiger partial charge in [0.15, 0.2) is 0 Å². The predicted molar refractivity (Wildman–Crippen MR) is 107 cm³/mol. The van der Waals surface area contributed by atoms with Crippen LogP contribution in [0.25, 0.3) is 0 Å². The van der Waals surface area contributed by atoms with Crippen molar-refractivity contribution in [3.63, 3.8) is 0 Å². The SMILES string of the molecule is COc1ccc(CN(CCc2ccccc2)C(=O)CC2CCCOC2)cc1. The summed E-state index contributed by atoms with van der Waals surface area (Å²) in [5.74, 6) is 1.40. The van der Waals surface area contributed by atoms with Gasteiger partial charge in [-0.2, -0.15) is 0 Å². The highest BCUT2D eigenvalue weighted by Crippen LogP contribution is 2.20. The molecule has 1 aliphatic rings. The van der Waals surface area contributed by atoms with Gasteiger partial charge in [0.1, 0.15) is 5.75 Å². The Balaban J connectivity index is 1.65. The summed E-state index contributed by atoms with van der Waals surface area (Å²) in [6.45, 7) is 2.89. The van der Waals surface area contributed by atoms with E-state index in [1.54, 1.807) is 7.11 Å². The van der Waals surface area contributed by atoms with Crippen LogP contribution in [0.2, 0.25) is 0 Å². The minimum atomic E-state index is 0.220. The summed E-state index contributed by atoms with van der Waals surface area (Å²) in [5, 5.41) is 0. The first-order chi connectivity index (χ1) is 13.2. The molecule has 0 saturated carbocycles. The summed E-state index contributed by atoms with van der Waals surface area (Å²) in [4.78, 5) is 15.0. The van der Waals surface area contributed by atoms with Gasteiger partial charge in [0.25, 0.3) is 0 Å². The zero-order valence-corrected chi connectivity index (χ0v) is 16.1. The van der Waals surface area contributed by atoms with Crippen LogP contribution in [0.3, 0.4) is 0 Å². The monoisotopic (exact) mass is 367 g/mol. The quantitative estimate of drug-likeness (QED) is 0.706. The third-order valence-corrected chi connectivity index (χ3v) is 5.12. The third-order valence-electron chi connectivity index (χ3n) is 5.12. The van der Waals surface area contributed by atoms with Crippen molar-refractivity contribution in [2.24, 2.45) is 5.92 Å². The van der Waals surface area contributed by atoms with E-state index in [9.17, 15) is 4.79 Å². The van der Waals surface area contributed by atoms with E-state index in [2.05, 4.69) is 12.1 Å². The molecule has 3 rings (SSSR count). The van der Waals surface area contributed by atoms with E-state index in [0.717, 1.165) is 43.7 Å². The van der Waals surface area contributed by atoms with Gasteiger partial charge < -0.3 is 14.4 Å². The normalized spacial score (nSPS) is 16.7. The molecule has 0 aliphatic carbocycles. The van der Waals surface area contributed by atoms with Crippen LogP contribution in [-0.4, -0.2) is 37.7 Å². The fourth-order valence-corrected chi connectivity index (χ4v) is 3.50. The van der Waals surface area contributed by atoms with Crippen molar-refractivity contribution in [2.45, 2.75) is 32.2 Å². The smallest absolute Gasteiger partial charge is 0.223 e. The Morgan fingerprint density at radius 1 is 1.11 bits per heavy atom. The van der Waals surface area contributed by atoms with Crippen LogP contribution in [0, 0.1) is 5.92 Å². The maximum atomic E-state index is 13.0. The molecular formula is C23H29NO3. The topological polar surface area (TPSA) is 38.8 Å². The van der Waals surface area contributed by atoms with Crippen molar-refractivity contribution in [3.8, 4) is 5.75 Å². The van der Waals surface area contributed by atoms with Gasteiger partial charge in [-0.15, -0.1) is 0 Å². The molecule has 0 radical (unpaired) electrons. The molecule has 1 atom stereocenters. The zero-order chi connectivity index (χ0) is 18.9. The summed E-state index contributed by atoms with van der Waals surface area (Å²) in [6.07, 6.45) is 3.58. The van der Waals surface area contributed by atoms with Crippen LogP contribution in [0.5, 0.6) is 5.75 Å². The van der Waals surface area contributed by atoms with Crippen LogP contribution >= 0.6 is 0 Å². The zero-order valence-electron chi connectivity index (χ0n) is 16.1. The number of rotatable bonds is 8. The number of nitrogens with zero attached hydrogens (tertiary/aromatic N) is 1. The Hall–Kier alpha value is -2.33. The van der Waals surface area contributed by atoms with Crippen LogP contribution in [0.1, 0.15) is 30.4 Å². The molecule has 27 heavy (non-hydrogen) atoms. The Morgan fingerprint density at radius 3 is 2.56 bits per heavy atom. The molecule has 1 unspecified atom stereocenters. The number of ether oxygens (including phenoxy) is 2. The number of benzene rings is 2. The molecule has 2 aromatic carbocycles. The third kappa shape index (κ3) is 6.10. The molecule has 4 heteroatoms. The number of methoxy groups -OCH3 is 1. The molecule has 1 heterocycles. The Labute approximate surface area is 162 Å². The van der Waals surface area contributed by atoms with E-state index >= 15 is 0 Å². The molecular weight excluding hydrogens is 338 g/mol. The minimum Gasteiger partial charge on any atom is -0.497 e. The van der Waals surface area contributed by atoms with Gasteiger partial charge in [0.05, 0.1) is 7.11 Å². The lowest BCUT2D eigenvalue weighted by atomic mass is 9.97. The highest BCUT2D eigenvalue weighted by atomic mass is 16.5. The van der Waals surface area contributed by atoms with Gasteiger partial charge in [0, 0.05) is 32.7 Å². The molecule has 0 spiro atoms. The second kappa shape index (κ2) is 10.1. The summed E-state index contributed by atoms with van der Waals surface area (Å²) in [6, 6.07) is 18.3. The van der Waals surface area contributed by atoms with Crippen molar-refractivity contribution in [2.75, 3.05) is 26.9 Å². The van der Waals surface area contributed by atoms with Crippen molar-refractivity contribution in [3.05, 3.63) is 65.7 Å². The van der Waals surface area contributed by atoms with Gasteiger partial charge in [-0.25, -0.2) is 0 Å². The Kier molecular flexibility index (Phi) is 7.28. The molecule has 144 valence electrons. The molecule has 2 aromatic rings. The lowest BCUT2D eigenvalue weighted by Crippen LogP contribution is -2.35. The van der Waals surface area contributed by atoms with Crippen LogP contribution in [-0.2, 0) is 22.5 Å². The highest BCUT2D eigenvalue weighted by Gasteiger charge is 2.21. The molecule has 1 saturated heterocycles. The minimum absolute atomic E-state index is 0.220. The standard InChI is InChI=1S/C23H29NO3/c1-26-22-11-9-20(10-12-22)17-24(14-13-19-6-3-2-4-7-19)23(25)16-21-8-5-15-27-18-21/h2-4,6-7,9-12,21H,5,8,13-18H2,1H3. The number of hydrogen-bond acceptors (Lipinski definition) is 3. The Morgan fingerprint density at radius 2 is 1.89 bits per heavy atom. The van der Waals surface area contributed by atoms with Crippen LogP contribution < -0.4 is 4.74 Å². The van der Waals surface area contributed by atoms with Crippen molar-refractivity contribution in [1.29, 1.82) is 0 Å². The molecule has 1 aliphatic heterocycles. The summed E-state index contributed by atoms with van der Waals surface area (Å²) >= 11 is 0. The number of amides is 1. The van der Waals surface area contributed by atoms with Crippen LogP contribution in [0.4, 0.5) is 0 Å². The maximum Gasteiger partial charge on any atom is 0.223 e. The largest absolute Gasteiger partial charge is 0.497 e. The van der Waals surface area contributed by atoms with Crippen molar-refractivity contribution in [1.82, 2.24) is 4.90 Å². The van der Waals surface area contributed by atoms with Gasteiger partial charge in [0.2, 0.25) is 5.91 Å². The number of carbonyl (C=O) groups is 1. The fourth-order valence-electron chi connectivity index (χ4n) is 3.50. The Bertz CT molecular complexity index is 693. The van der Waals surface area contributed by atoms with Crippen LogP contribution in [0.15, 0.2) is 54.6 Å². The van der Waals surface area contributed by atoms with E-state index in [0.29, 0.717) is 25.5 Å². The molecule has 4 nitrogen and oxygen atoms in total. The number of hydrogen-bond donors (Lipinski definition) is 0. The van der Waals surface area contributed by atoms with Gasteiger partial charge in [-0.05, 0) is 48.4 Å². The van der Waals surface area contributed by atoms with Gasteiger partial charge in [-0.1, -0.05) is 42.5 Å². The first kappa shape index (κ1) is 19.4. The molecule has 1 amide bonds. The maximum absolute atomic E-state index is 13.0. The molecule has 0 N–H and O–H groups in total. The molecule has 0 bridgehead atoms. The van der Waals surface area contributed by atoms with Gasteiger partial charge in [-0.3, -0.25) is 4.79 Å². The van der Waals surface area contributed by atoms with E-state index in [4.69, 9.17) is 9.47 Å². The molecule has 1 fully saturated rings. The lowest BCUT2D eigenvalue weighted by Gasteiger charge is -2.27. The van der Waals surface area contributed by atoms with E-state index in [-0.39, 0.29) is 5.91 Å². The second-order valence-electron chi connectivity index (χ2n) is 7.19. The van der Waals surface area contributed by atoms with Gasteiger partial charge >= 0.3 is 0 Å². The first-order valence-electron chi connectivity index (χ1n) is 9.77. The highest BCUT2D eigenvalue weighted by molar-refractivity contribution is 5.76. The molecule has 0 aromatic heterocycles. The fraction of sp³-hybridized carbons (Fsp3) is 0.435. The summed E-state index contributed by atoms with van der Waals surface area (Å²) in [5.41, 5.74) is 2.38. The lowest BCUT2D eigenvalue weighted by molar-refractivity contribution is -0.133.